The van der Waals surface area contributed by atoms with E-state index in [1.165, 1.54) is 0 Å². The molecule has 3 aromatic rings. The first-order valence-corrected chi connectivity index (χ1v) is 12.5. The van der Waals surface area contributed by atoms with Gasteiger partial charge in [-0.15, -0.1) is 0 Å². The molecule has 4 nitrogen and oxygen atoms in total. The van der Waals surface area contributed by atoms with E-state index in [9.17, 15) is 4.79 Å². The normalized spacial score (nSPS) is 19.4. The highest BCUT2D eigenvalue weighted by Gasteiger charge is 2.41. The van der Waals surface area contributed by atoms with Gasteiger partial charge >= 0.3 is 0 Å². The van der Waals surface area contributed by atoms with E-state index >= 15 is 0 Å². The smallest absolute Gasteiger partial charge is 0.223 e. The molecule has 2 aliphatic heterocycles. The standard InChI is InChI=1S/C26H23BrCl2N2O2/c1-26(2)14-22(31-11-3-4-23(31)32)20-13-19(15-5-8-17(28)9-6-15)24(30-25(20)33-26)18-10-7-16(27)12-21(18)29/h5-10,12-13,22H,3-4,11,14H2,1-2H3. The number of nitrogens with zero attached hydrogens (tertiary/aromatic N) is 2. The lowest BCUT2D eigenvalue weighted by Gasteiger charge is -2.41. The van der Waals surface area contributed by atoms with Crippen molar-refractivity contribution in [1.82, 2.24) is 9.88 Å². The number of carbonyl (C=O) groups is 1. The van der Waals surface area contributed by atoms with Crippen molar-refractivity contribution in [1.29, 1.82) is 0 Å². The van der Waals surface area contributed by atoms with Gasteiger partial charge in [0.2, 0.25) is 11.8 Å². The minimum Gasteiger partial charge on any atom is -0.471 e. The Hall–Kier alpha value is -2.08. The van der Waals surface area contributed by atoms with Gasteiger partial charge in [-0.1, -0.05) is 57.3 Å². The second-order valence-corrected chi connectivity index (χ2v) is 10.9. The van der Waals surface area contributed by atoms with Crippen molar-refractivity contribution >= 4 is 45.0 Å². The van der Waals surface area contributed by atoms with E-state index in [0.717, 1.165) is 45.4 Å². The maximum atomic E-state index is 12.7. The van der Waals surface area contributed by atoms with Crippen LogP contribution in [-0.2, 0) is 4.79 Å². The van der Waals surface area contributed by atoms with Gasteiger partial charge in [-0.25, -0.2) is 4.98 Å². The van der Waals surface area contributed by atoms with E-state index in [2.05, 4.69) is 22.0 Å². The lowest BCUT2D eigenvalue weighted by atomic mass is 9.87. The van der Waals surface area contributed by atoms with Crippen molar-refractivity contribution in [3.8, 4) is 28.3 Å². The van der Waals surface area contributed by atoms with Crippen molar-refractivity contribution in [2.45, 2.75) is 44.8 Å². The fourth-order valence-electron chi connectivity index (χ4n) is 4.72. The van der Waals surface area contributed by atoms with Gasteiger partial charge < -0.3 is 9.64 Å². The molecule has 1 fully saturated rings. The van der Waals surface area contributed by atoms with E-state index in [0.29, 0.717) is 28.8 Å². The van der Waals surface area contributed by atoms with Gasteiger partial charge in [0.25, 0.3) is 0 Å². The molecule has 0 saturated carbocycles. The second-order valence-electron chi connectivity index (χ2n) is 9.18. The molecular weight excluding hydrogens is 523 g/mol. The Morgan fingerprint density at radius 2 is 1.85 bits per heavy atom. The van der Waals surface area contributed by atoms with Gasteiger partial charge in [0.15, 0.2) is 0 Å². The highest BCUT2D eigenvalue weighted by atomic mass is 79.9. The molecule has 0 spiro atoms. The summed E-state index contributed by atoms with van der Waals surface area (Å²) in [5, 5.41) is 1.26. The van der Waals surface area contributed by atoms with Crippen LogP contribution in [0.25, 0.3) is 22.4 Å². The Labute approximate surface area is 212 Å². The molecule has 2 aliphatic rings. The molecule has 0 radical (unpaired) electrons. The maximum absolute atomic E-state index is 12.7. The van der Waals surface area contributed by atoms with Crippen molar-refractivity contribution < 1.29 is 9.53 Å². The summed E-state index contributed by atoms with van der Waals surface area (Å²) < 4.78 is 7.25. The molecule has 7 heteroatoms. The number of pyridine rings is 1. The number of ether oxygens (including phenoxy) is 1. The van der Waals surface area contributed by atoms with E-state index in [1.54, 1.807) is 0 Å². The predicted molar refractivity (Wildman–Crippen MR) is 136 cm³/mol. The van der Waals surface area contributed by atoms with Crippen LogP contribution < -0.4 is 4.74 Å². The van der Waals surface area contributed by atoms with Crippen LogP contribution in [0.3, 0.4) is 0 Å². The van der Waals surface area contributed by atoms with Crippen LogP contribution in [0, 0.1) is 0 Å². The summed E-state index contributed by atoms with van der Waals surface area (Å²) in [5.41, 5.74) is 3.93. The predicted octanol–water partition coefficient (Wildman–Crippen LogP) is 7.71. The van der Waals surface area contributed by atoms with Crippen LogP contribution >= 0.6 is 39.1 Å². The van der Waals surface area contributed by atoms with Crippen LogP contribution in [0.1, 0.15) is 44.7 Å². The van der Waals surface area contributed by atoms with Gasteiger partial charge in [-0.05, 0) is 56.2 Å². The Morgan fingerprint density at radius 1 is 1.09 bits per heavy atom. The van der Waals surface area contributed by atoms with Crippen LogP contribution in [0.2, 0.25) is 10.0 Å². The third-order valence-corrected chi connectivity index (χ3v) is 7.32. The number of amides is 1. The van der Waals surface area contributed by atoms with E-state index in [-0.39, 0.29) is 11.9 Å². The van der Waals surface area contributed by atoms with Crippen molar-refractivity contribution in [2.24, 2.45) is 0 Å². The number of benzene rings is 2. The largest absolute Gasteiger partial charge is 0.471 e. The summed E-state index contributed by atoms with van der Waals surface area (Å²) >= 11 is 16.3. The number of carbonyl (C=O) groups excluding carboxylic acids is 1. The summed E-state index contributed by atoms with van der Waals surface area (Å²) in [6.07, 6.45) is 2.19. The van der Waals surface area contributed by atoms with Crippen LogP contribution in [0.5, 0.6) is 5.88 Å². The fraction of sp³-hybridized carbons (Fsp3) is 0.308. The van der Waals surface area contributed by atoms with Crippen LogP contribution in [0.15, 0.2) is 53.0 Å². The minimum atomic E-state index is -0.448. The molecule has 0 bridgehead atoms. The van der Waals surface area contributed by atoms with E-state index in [1.807, 2.05) is 61.2 Å². The average molecular weight is 546 g/mol. The van der Waals surface area contributed by atoms with Gasteiger partial charge in [0.1, 0.15) is 5.60 Å². The number of likely N-dealkylation sites (tertiary alicyclic amines) is 1. The molecular formula is C26H23BrCl2N2O2. The maximum Gasteiger partial charge on any atom is 0.223 e. The number of fused-ring (bicyclic) bond motifs is 1. The molecule has 0 aliphatic carbocycles. The van der Waals surface area contributed by atoms with Crippen molar-refractivity contribution in [3.63, 3.8) is 0 Å². The number of hydrogen-bond donors (Lipinski definition) is 0. The highest BCUT2D eigenvalue weighted by Crippen LogP contribution is 2.47. The zero-order chi connectivity index (χ0) is 23.3. The molecule has 1 atom stereocenters. The monoisotopic (exact) mass is 544 g/mol. The Morgan fingerprint density at radius 3 is 2.52 bits per heavy atom. The van der Waals surface area contributed by atoms with E-state index < -0.39 is 5.60 Å². The number of hydrogen-bond acceptors (Lipinski definition) is 3. The van der Waals surface area contributed by atoms with Gasteiger partial charge in [0, 0.05) is 45.6 Å². The molecule has 0 N–H and O–H groups in total. The molecule has 33 heavy (non-hydrogen) atoms. The first-order chi connectivity index (χ1) is 15.7. The fourth-order valence-corrected chi connectivity index (χ4v) is 5.61. The lowest BCUT2D eigenvalue weighted by Crippen LogP contribution is -2.42. The zero-order valence-corrected chi connectivity index (χ0v) is 21.5. The number of halogens is 3. The molecule has 2 aromatic carbocycles. The highest BCUT2D eigenvalue weighted by molar-refractivity contribution is 9.10. The molecule has 1 unspecified atom stereocenters. The van der Waals surface area contributed by atoms with Crippen LogP contribution in [-0.4, -0.2) is 27.9 Å². The number of rotatable bonds is 3. The summed E-state index contributed by atoms with van der Waals surface area (Å²) in [6, 6.07) is 15.5. The minimum absolute atomic E-state index is 0.0771. The SMILES string of the molecule is CC1(C)CC(N2CCCC2=O)c2cc(-c3ccc(Cl)cc3)c(-c3ccc(Br)cc3Cl)nc2O1. The quantitative estimate of drug-likeness (QED) is 0.338. The summed E-state index contributed by atoms with van der Waals surface area (Å²) in [7, 11) is 0. The van der Waals surface area contributed by atoms with Gasteiger partial charge in [-0.3, -0.25) is 4.79 Å². The number of aromatic nitrogens is 1. The first kappa shape index (κ1) is 22.7. The zero-order valence-electron chi connectivity index (χ0n) is 18.4. The lowest BCUT2D eigenvalue weighted by molar-refractivity contribution is -0.131. The first-order valence-electron chi connectivity index (χ1n) is 11.0. The van der Waals surface area contributed by atoms with E-state index in [4.69, 9.17) is 32.9 Å². The topological polar surface area (TPSA) is 42.4 Å². The van der Waals surface area contributed by atoms with Crippen molar-refractivity contribution in [2.75, 3.05) is 6.54 Å². The van der Waals surface area contributed by atoms with Gasteiger partial charge in [0.05, 0.1) is 16.8 Å². The third-order valence-electron chi connectivity index (χ3n) is 6.26. The Kier molecular flexibility index (Phi) is 5.92. The molecule has 1 saturated heterocycles. The Balaban J connectivity index is 1.75. The average Bonchev–Trinajstić information content (AvgIpc) is 3.18. The summed E-state index contributed by atoms with van der Waals surface area (Å²) in [5.74, 6) is 0.749. The molecule has 5 rings (SSSR count). The molecule has 170 valence electrons. The molecule has 1 aromatic heterocycles. The van der Waals surface area contributed by atoms with Crippen molar-refractivity contribution in [3.05, 3.63) is 68.6 Å². The molecule has 1 amide bonds. The summed E-state index contributed by atoms with van der Waals surface area (Å²) in [6.45, 7) is 4.85. The van der Waals surface area contributed by atoms with Gasteiger partial charge in [-0.2, -0.15) is 0 Å². The third kappa shape index (κ3) is 4.39. The van der Waals surface area contributed by atoms with Crippen LogP contribution in [0.4, 0.5) is 0 Å². The Bertz CT molecular complexity index is 1240. The summed E-state index contributed by atoms with van der Waals surface area (Å²) in [4.78, 5) is 19.7. The second kappa shape index (κ2) is 8.61. The molecule has 3 heterocycles.